The lowest BCUT2D eigenvalue weighted by atomic mass is 10.1. The van der Waals surface area contributed by atoms with Gasteiger partial charge in [-0.05, 0) is 12.1 Å². The second-order valence-electron chi connectivity index (χ2n) is 4.43. The Balaban J connectivity index is 2.18. The number of nitrogens with zero attached hydrogens (tertiary/aromatic N) is 4. The van der Waals surface area contributed by atoms with Gasteiger partial charge in [0.2, 0.25) is 0 Å². The maximum Gasteiger partial charge on any atom is 0.183 e. The summed E-state index contributed by atoms with van der Waals surface area (Å²) in [4.78, 5) is 13.1. The number of fused-ring (bicyclic) bond motifs is 1. The summed E-state index contributed by atoms with van der Waals surface area (Å²) in [5, 5.41) is 7.21. The van der Waals surface area contributed by atoms with Crippen LogP contribution in [-0.2, 0) is 0 Å². The van der Waals surface area contributed by atoms with Gasteiger partial charge < -0.3 is 0 Å². The number of hydrogen-bond acceptors (Lipinski definition) is 4. The third kappa shape index (κ3) is 1.73. The third-order valence-corrected chi connectivity index (χ3v) is 2.79. The van der Waals surface area contributed by atoms with Crippen LogP contribution in [0.25, 0.3) is 22.4 Å². The molecular weight excluding hydrogens is 226 g/mol. The van der Waals surface area contributed by atoms with Crippen molar-refractivity contribution < 1.29 is 0 Å². The van der Waals surface area contributed by atoms with Crippen molar-refractivity contribution in [3.63, 3.8) is 0 Å². The van der Waals surface area contributed by atoms with E-state index in [4.69, 9.17) is 0 Å². The SMILES string of the molecule is CC(C)c1nc(-c2cccc3nccnc23)n[nH]1. The van der Waals surface area contributed by atoms with Crippen LogP contribution in [0.2, 0.25) is 0 Å². The molecule has 0 spiro atoms. The number of benzene rings is 1. The summed E-state index contributed by atoms with van der Waals surface area (Å²) in [5.74, 6) is 1.88. The molecule has 0 saturated heterocycles. The Morgan fingerprint density at radius 3 is 2.72 bits per heavy atom. The zero-order valence-corrected chi connectivity index (χ0v) is 10.3. The first-order chi connectivity index (χ1) is 8.75. The Hall–Kier alpha value is -2.30. The topological polar surface area (TPSA) is 67.3 Å². The van der Waals surface area contributed by atoms with Gasteiger partial charge in [0.25, 0.3) is 0 Å². The normalized spacial score (nSPS) is 11.3. The fourth-order valence-electron chi connectivity index (χ4n) is 1.83. The van der Waals surface area contributed by atoms with Gasteiger partial charge in [-0.2, -0.15) is 5.10 Å². The summed E-state index contributed by atoms with van der Waals surface area (Å²) >= 11 is 0. The lowest BCUT2D eigenvalue weighted by Gasteiger charge is -2.00. The lowest BCUT2D eigenvalue weighted by molar-refractivity contribution is 0.781. The number of para-hydroxylation sites is 1. The van der Waals surface area contributed by atoms with Crippen LogP contribution < -0.4 is 0 Å². The van der Waals surface area contributed by atoms with Crippen molar-refractivity contribution in [1.82, 2.24) is 25.1 Å². The molecular formula is C13H13N5. The zero-order chi connectivity index (χ0) is 12.5. The highest BCUT2D eigenvalue weighted by Gasteiger charge is 2.12. The average molecular weight is 239 g/mol. The Kier molecular flexibility index (Phi) is 2.51. The summed E-state index contributed by atoms with van der Waals surface area (Å²) in [6.07, 6.45) is 3.37. The molecule has 2 heterocycles. The maximum atomic E-state index is 4.50. The molecule has 0 unspecified atom stereocenters. The van der Waals surface area contributed by atoms with E-state index in [1.54, 1.807) is 12.4 Å². The minimum Gasteiger partial charge on any atom is -0.262 e. The first-order valence-corrected chi connectivity index (χ1v) is 5.88. The second-order valence-corrected chi connectivity index (χ2v) is 4.43. The van der Waals surface area contributed by atoms with Crippen LogP contribution in [0.4, 0.5) is 0 Å². The molecule has 0 bridgehead atoms. The minimum absolute atomic E-state index is 0.326. The molecule has 5 nitrogen and oxygen atoms in total. The Morgan fingerprint density at radius 2 is 1.94 bits per heavy atom. The highest BCUT2D eigenvalue weighted by Crippen LogP contribution is 2.23. The molecule has 0 saturated carbocycles. The van der Waals surface area contributed by atoms with Crippen molar-refractivity contribution in [2.75, 3.05) is 0 Å². The van der Waals surface area contributed by atoms with Crippen molar-refractivity contribution in [2.45, 2.75) is 19.8 Å². The molecule has 90 valence electrons. The first-order valence-electron chi connectivity index (χ1n) is 5.88. The van der Waals surface area contributed by atoms with E-state index in [9.17, 15) is 0 Å². The van der Waals surface area contributed by atoms with E-state index in [0.29, 0.717) is 11.7 Å². The van der Waals surface area contributed by atoms with E-state index in [0.717, 1.165) is 22.4 Å². The van der Waals surface area contributed by atoms with Crippen molar-refractivity contribution in [3.05, 3.63) is 36.4 Å². The number of aromatic nitrogens is 5. The van der Waals surface area contributed by atoms with Gasteiger partial charge in [0.1, 0.15) is 5.82 Å². The van der Waals surface area contributed by atoms with E-state index in [-0.39, 0.29) is 0 Å². The molecule has 0 radical (unpaired) electrons. The predicted molar refractivity (Wildman–Crippen MR) is 69.0 cm³/mol. The Morgan fingerprint density at radius 1 is 1.11 bits per heavy atom. The molecule has 0 fully saturated rings. The monoisotopic (exact) mass is 239 g/mol. The van der Waals surface area contributed by atoms with Gasteiger partial charge in [0, 0.05) is 23.9 Å². The van der Waals surface area contributed by atoms with Gasteiger partial charge >= 0.3 is 0 Å². The van der Waals surface area contributed by atoms with Crippen LogP contribution in [0, 0.1) is 0 Å². The van der Waals surface area contributed by atoms with E-state index in [2.05, 4.69) is 39.0 Å². The number of nitrogens with one attached hydrogen (secondary N) is 1. The van der Waals surface area contributed by atoms with Crippen LogP contribution in [-0.4, -0.2) is 25.1 Å². The van der Waals surface area contributed by atoms with E-state index >= 15 is 0 Å². The quantitative estimate of drug-likeness (QED) is 0.746. The molecule has 1 aromatic carbocycles. The molecule has 3 rings (SSSR count). The van der Waals surface area contributed by atoms with Crippen molar-refractivity contribution in [2.24, 2.45) is 0 Å². The highest BCUT2D eigenvalue weighted by molar-refractivity contribution is 5.88. The molecule has 0 amide bonds. The van der Waals surface area contributed by atoms with Gasteiger partial charge in [-0.25, -0.2) is 4.98 Å². The first kappa shape index (κ1) is 10.8. The van der Waals surface area contributed by atoms with E-state index in [1.807, 2.05) is 18.2 Å². The number of aromatic amines is 1. The molecule has 0 atom stereocenters. The average Bonchev–Trinajstić information content (AvgIpc) is 2.87. The molecule has 5 heteroatoms. The van der Waals surface area contributed by atoms with Crippen LogP contribution in [0.3, 0.4) is 0 Å². The molecule has 18 heavy (non-hydrogen) atoms. The maximum absolute atomic E-state index is 4.50. The number of rotatable bonds is 2. The van der Waals surface area contributed by atoms with Crippen LogP contribution in [0.1, 0.15) is 25.6 Å². The van der Waals surface area contributed by atoms with Crippen LogP contribution >= 0.6 is 0 Å². The third-order valence-electron chi connectivity index (χ3n) is 2.79. The Bertz CT molecular complexity index is 681. The lowest BCUT2D eigenvalue weighted by Crippen LogP contribution is -1.90. The van der Waals surface area contributed by atoms with Gasteiger partial charge in [-0.1, -0.05) is 19.9 Å². The Labute approximate surface area is 104 Å². The van der Waals surface area contributed by atoms with Crippen molar-refractivity contribution in [3.8, 4) is 11.4 Å². The number of H-pyrrole nitrogens is 1. The smallest absolute Gasteiger partial charge is 0.183 e. The summed E-state index contributed by atoms with van der Waals surface area (Å²) < 4.78 is 0. The predicted octanol–water partition coefficient (Wildman–Crippen LogP) is 2.54. The summed E-state index contributed by atoms with van der Waals surface area (Å²) in [6, 6.07) is 5.84. The molecule has 1 N–H and O–H groups in total. The fourth-order valence-corrected chi connectivity index (χ4v) is 1.83. The number of hydrogen-bond donors (Lipinski definition) is 1. The zero-order valence-electron chi connectivity index (χ0n) is 10.3. The molecule has 3 aromatic rings. The molecule has 0 aliphatic rings. The summed E-state index contributed by atoms with van der Waals surface area (Å²) in [7, 11) is 0. The summed E-state index contributed by atoms with van der Waals surface area (Å²) in [6.45, 7) is 4.15. The molecule has 2 aromatic heterocycles. The van der Waals surface area contributed by atoms with Crippen molar-refractivity contribution in [1.29, 1.82) is 0 Å². The molecule has 0 aliphatic carbocycles. The minimum atomic E-state index is 0.326. The highest BCUT2D eigenvalue weighted by atomic mass is 15.2. The van der Waals surface area contributed by atoms with Gasteiger partial charge in [0.05, 0.1) is 11.0 Å². The van der Waals surface area contributed by atoms with Gasteiger partial charge in [-0.3, -0.25) is 15.1 Å². The van der Waals surface area contributed by atoms with Crippen LogP contribution in [0.5, 0.6) is 0 Å². The largest absolute Gasteiger partial charge is 0.262 e. The summed E-state index contributed by atoms with van der Waals surface area (Å²) in [5.41, 5.74) is 2.59. The standard InChI is InChI=1S/C13H13N5/c1-8(2)12-16-13(18-17-12)9-4-3-5-10-11(9)15-7-6-14-10/h3-8H,1-2H3,(H,16,17,18). The van der Waals surface area contributed by atoms with E-state index < -0.39 is 0 Å². The fraction of sp³-hybridized carbons (Fsp3) is 0.231. The van der Waals surface area contributed by atoms with Crippen molar-refractivity contribution >= 4 is 11.0 Å². The second kappa shape index (κ2) is 4.18. The van der Waals surface area contributed by atoms with E-state index in [1.165, 1.54) is 0 Å². The molecule has 0 aliphatic heterocycles. The van der Waals surface area contributed by atoms with Gasteiger partial charge in [0.15, 0.2) is 5.82 Å². The van der Waals surface area contributed by atoms with Gasteiger partial charge in [-0.15, -0.1) is 0 Å². The van der Waals surface area contributed by atoms with Crippen LogP contribution in [0.15, 0.2) is 30.6 Å².